The highest BCUT2D eigenvalue weighted by molar-refractivity contribution is 6.34. The van der Waals surface area contributed by atoms with Gasteiger partial charge in [0.05, 0.1) is 24.4 Å². The number of carbonyl (C=O) groups excluding carboxylic acids is 1. The smallest absolute Gasteiger partial charge is 0.205 e. The second-order valence-electron chi connectivity index (χ2n) is 4.78. The highest BCUT2D eigenvalue weighted by Gasteiger charge is 2.17. The minimum absolute atomic E-state index is 0.0458. The Kier molecular flexibility index (Phi) is 5.16. The van der Waals surface area contributed by atoms with E-state index in [4.69, 9.17) is 16.3 Å². The van der Waals surface area contributed by atoms with Crippen molar-refractivity contribution in [3.05, 3.63) is 28.6 Å². The quantitative estimate of drug-likeness (QED) is 0.615. The van der Waals surface area contributed by atoms with Gasteiger partial charge in [-0.05, 0) is 31.8 Å². The average molecular weight is 283 g/mol. The number of ether oxygens (including phenoxy) is 1. The van der Waals surface area contributed by atoms with Gasteiger partial charge in [0, 0.05) is 7.11 Å². The van der Waals surface area contributed by atoms with Crippen molar-refractivity contribution in [3.63, 3.8) is 0 Å². The van der Waals surface area contributed by atoms with Crippen molar-refractivity contribution in [1.82, 2.24) is 9.78 Å². The number of aromatic nitrogens is 2. The van der Waals surface area contributed by atoms with Gasteiger partial charge in [0.1, 0.15) is 5.69 Å². The van der Waals surface area contributed by atoms with E-state index in [2.05, 4.69) is 5.10 Å². The molecule has 0 bridgehead atoms. The third kappa shape index (κ3) is 3.67. The second kappa shape index (κ2) is 6.87. The number of halogens is 1. The summed E-state index contributed by atoms with van der Waals surface area (Å²) in [5, 5.41) is 4.53. The van der Waals surface area contributed by atoms with Crippen molar-refractivity contribution < 1.29 is 9.53 Å². The third-order valence-corrected chi connectivity index (χ3v) is 3.64. The predicted octanol–water partition coefficient (Wildman–Crippen LogP) is 3.26. The predicted molar refractivity (Wildman–Crippen MR) is 74.6 cm³/mol. The summed E-state index contributed by atoms with van der Waals surface area (Å²) in [6.45, 7) is 1.04. The molecular formula is C14H19ClN2O2. The number of hydrogen-bond donors (Lipinski definition) is 0. The molecular weight excluding hydrogens is 264 g/mol. The SMILES string of the molecule is COCCn1ncc(Cl)c1C(=O)C=C1CCCCC1. The van der Waals surface area contributed by atoms with Gasteiger partial charge < -0.3 is 4.74 Å². The van der Waals surface area contributed by atoms with E-state index in [-0.39, 0.29) is 5.78 Å². The Labute approximate surface area is 118 Å². The van der Waals surface area contributed by atoms with E-state index in [0.29, 0.717) is 23.9 Å². The molecule has 1 aliphatic rings. The van der Waals surface area contributed by atoms with Crippen molar-refractivity contribution in [2.24, 2.45) is 0 Å². The van der Waals surface area contributed by atoms with Gasteiger partial charge >= 0.3 is 0 Å². The Balaban J connectivity index is 2.15. The summed E-state index contributed by atoms with van der Waals surface area (Å²) >= 11 is 6.06. The van der Waals surface area contributed by atoms with E-state index in [1.165, 1.54) is 31.0 Å². The Morgan fingerprint density at radius 1 is 1.47 bits per heavy atom. The zero-order valence-electron chi connectivity index (χ0n) is 11.2. The Morgan fingerprint density at radius 2 is 2.21 bits per heavy atom. The molecule has 1 aromatic rings. The molecule has 0 amide bonds. The minimum atomic E-state index is -0.0458. The lowest BCUT2D eigenvalue weighted by molar-refractivity contribution is 0.103. The van der Waals surface area contributed by atoms with Crippen molar-refractivity contribution >= 4 is 17.4 Å². The molecule has 2 rings (SSSR count). The van der Waals surface area contributed by atoms with Crippen LogP contribution in [0.1, 0.15) is 42.6 Å². The van der Waals surface area contributed by atoms with Crippen LogP contribution in [0.25, 0.3) is 0 Å². The van der Waals surface area contributed by atoms with Gasteiger partial charge in [-0.25, -0.2) is 0 Å². The van der Waals surface area contributed by atoms with Crippen LogP contribution in [0.5, 0.6) is 0 Å². The molecule has 5 heteroatoms. The lowest BCUT2D eigenvalue weighted by Gasteiger charge is -2.13. The summed E-state index contributed by atoms with van der Waals surface area (Å²) in [6.07, 6.45) is 8.92. The number of methoxy groups -OCH3 is 1. The summed E-state index contributed by atoms with van der Waals surface area (Å²) < 4.78 is 6.63. The van der Waals surface area contributed by atoms with Gasteiger partial charge in [-0.2, -0.15) is 5.10 Å². The van der Waals surface area contributed by atoms with Gasteiger partial charge in [0.15, 0.2) is 0 Å². The molecule has 1 aromatic heterocycles. The molecule has 0 aromatic carbocycles. The van der Waals surface area contributed by atoms with E-state index in [9.17, 15) is 4.79 Å². The summed E-state index contributed by atoms with van der Waals surface area (Å²) in [5.74, 6) is -0.0458. The number of carbonyl (C=O) groups is 1. The van der Waals surface area contributed by atoms with Crippen LogP contribution in [0.4, 0.5) is 0 Å². The highest BCUT2D eigenvalue weighted by Crippen LogP contribution is 2.24. The topological polar surface area (TPSA) is 44.1 Å². The molecule has 0 unspecified atom stereocenters. The molecule has 0 atom stereocenters. The molecule has 104 valence electrons. The van der Waals surface area contributed by atoms with Crippen LogP contribution in [0.2, 0.25) is 5.02 Å². The van der Waals surface area contributed by atoms with E-state index in [1.54, 1.807) is 17.9 Å². The van der Waals surface area contributed by atoms with Gasteiger partial charge in [-0.1, -0.05) is 23.6 Å². The lowest BCUT2D eigenvalue weighted by Crippen LogP contribution is -2.13. The Morgan fingerprint density at radius 3 is 2.89 bits per heavy atom. The zero-order valence-corrected chi connectivity index (χ0v) is 11.9. The number of rotatable bonds is 5. The fraction of sp³-hybridized carbons (Fsp3) is 0.571. The molecule has 0 N–H and O–H groups in total. The Bertz CT molecular complexity index is 472. The first-order chi connectivity index (χ1) is 9.22. The molecule has 4 nitrogen and oxygen atoms in total. The Hall–Kier alpha value is -1.13. The van der Waals surface area contributed by atoms with Gasteiger partial charge in [-0.15, -0.1) is 0 Å². The summed E-state index contributed by atoms with van der Waals surface area (Å²) in [5.41, 5.74) is 1.70. The molecule has 0 radical (unpaired) electrons. The minimum Gasteiger partial charge on any atom is -0.383 e. The number of ketones is 1. The monoisotopic (exact) mass is 282 g/mol. The van der Waals surface area contributed by atoms with Gasteiger partial charge in [0.2, 0.25) is 5.78 Å². The summed E-state index contributed by atoms with van der Waals surface area (Å²) in [4.78, 5) is 12.3. The van der Waals surface area contributed by atoms with E-state index in [0.717, 1.165) is 12.8 Å². The number of allylic oxidation sites excluding steroid dienone is 2. The van der Waals surface area contributed by atoms with Crippen molar-refractivity contribution in [1.29, 1.82) is 0 Å². The largest absolute Gasteiger partial charge is 0.383 e. The maximum Gasteiger partial charge on any atom is 0.205 e. The first-order valence-corrected chi connectivity index (χ1v) is 7.04. The van der Waals surface area contributed by atoms with E-state index >= 15 is 0 Å². The highest BCUT2D eigenvalue weighted by atomic mass is 35.5. The number of hydrogen-bond acceptors (Lipinski definition) is 3. The molecule has 19 heavy (non-hydrogen) atoms. The van der Waals surface area contributed by atoms with Crippen LogP contribution >= 0.6 is 11.6 Å². The van der Waals surface area contributed by atoms with Crippen LogP contribution in [0.15, 0.2) is 17.8 Å². The van der Waals surface area contributed by atoms with Crippen LogP contribution < -0.4 is 0 Å². The molecule has 1 fully saturated rings. The van der Waals surface area contributed by atoms with Gasteiger partial charge in [-0.3, -0.25) is 9.48 Å². The molecule has 0 saturated heterocycles. The standard InChI is InChI=1S/C14H19ClN2O2/c1-19-8-7-17-14(12(15)10-16-17)13(18)9-11-5-3-2-4-6-11/h9-10H,2-8H2,1H3. The second-order valence-corrected chi connectivity index (χ2v) is 5.19. The normalized spacial score (nSPS) is 15.6. The molecule has 0 aliphatic heterocycles. The van der Waals surface area contributed by atoms with Crippen LogP contribution in [-0.4, -0.2) is 29.3 Å². The van der Waals surface area contributed by atoms with Crippen LogP contribution in [-0.2, 0) is 11.3 Å². The van der Waals surface area contributed by atoms with Crippen molar-refractivity contribution in [2.75, 3.05) is 13.7 Å². The molecule has 0 spiro atoms. The van der Waals surface area contributed by atoms with Crippen molar-refractivity contribution in [3.8, 4) is 0 Å². The van der Waals surface area contributed by atoms with Gasteiger partial charge in [0.25, 0.3) is 0 Å². The van der Waals surface area contributed by atoms with Crippen LogP contribution in [0.3, 0.4) is 0 Å². The summed E-state index contributed by atoms with van der Waals surface area (Å²) in [6, 6.07) is 0. The lowest BCUT2D eigenvalue weighted by atomic mass is 9.94. The summed E-state index contributed by atoms with van der Waals surface area (Å²) in [7, 11) is 1.62. The maximum absolute atomic E-state index is 12.3. The molecule has 1 saturated carbocycles. The zero-order chi connectivity index (χ0) is 13.7. The van der Waals surface area contributed by atoms with E-state index in [1.807, 2.05) is 0 Å². The average Bonchev–Trinajstić information content (AvgIpc) is 2.78. The maximum atomic E-state index is 12.3. The number of nitrogens with zero attached hydrogens (tertiary/aromatic N) is 2. The van der Waals surface area contributed by atoms with Crippen molar-refractivity contribution in [2.45, 2.75) is 38.6 Å². The fourth-order valence-electron chi connectivity index (χ4n) is 2.36. The van der Waals surface area contributed by atoms with E-state index < -0.39 is 0 Å². The van der Waals surface area contributed by atoms with Crippen LogP contribution in [0, 0.1) is 0 Å². The fourth-order valence-corrected chi connectivity index (χ4v) is 2.59. The first-order valence-electron chi connectivity index (χ1n) is 6.66. The third-order valence-electron chi connectivity index (χ3n) is 3.37. The molecule has 1 heterocycles. The molecule has 1 aliphatic carbocycles. The first kappa shape index (κ1) is 14.3.